The van der Waals surface area contributed by atoms with E-state index < -0.39 is 10.0 Å². The van der Waals surface area contributed by atoms with E-state index in [4.69, 9.17) is 5.10 Å². The Morgan fingerprint density at radius 3 is 2.30 bits per heavy atom. The van der Waals surface area contributed by atoms with Crippen molar-refractivity contribution >= 4 is 15.9 Å². The van der Waals surface area contributed by atoms with Gasteiger partial charge in [-0.05, 0) is 43.2 Å². The highest BCUT2D eigenvalue weighted by molar-refractivity contribution is 7.89. The lowest BCUT2D eigenvalue weighted by atomic mass is 10.2. The summed E-state index contributed by atoms with van der Waals surface area (Å²) in [4.78, 5) is 15.1. The Morgan fingerprint density at radius 2 is 1.64 bits per heavy atom. The van der Waals surface area contributed by atoms with Crippen molar-refractivity contribution in [3.05, 3.63) is 77.6 Å². The number of sulfonamides is 1. The number of piperazine rings is 1. The molecule has 0 radical (unpaired) electrons. The third-order valence-electron chi connectivity index (χ3n) is 6.09. The first-order valence-electron chi connectivity index (χ1n) is 10.9. The Bertz CT molecular complexity index is 1330. The van der Waals surface area contributed by atoms with Crippen LogP contribution in [-0.4, -0.2) is 59.5 Å². The third-order valence-corrected chi connectivity index (χ3v) is 8.05. The molecule has 1 saturated heterocycles. The molecule has 8 nitrogen and oxygen atoms in total. The lowest BCUT2D eigenvalue weighted by Crippen LogP contribution is -2.50. The first kappa shape index (κ1) is 21.4. The summed E-state index contributed by atoms with van der Waals surface area (Å²) in [5.74, 6) is 0.247. The van der Waals surface area contributed by atoms with Gasteiger partial charge in [0.25, 0.3) is 5.91 Å². The summed E-state index contributed by atoms with van der Waals surface area (Å²) >= 11 is 0. The molecule has 5 rings (SSSR count). The standard InChI is InChI=1S/C24H23N5O3S/c25-17-19-6-4-5-9-23(19)33(31,32)28-14-12-27(13-15-28)24(30)22-16-21(18-10-11-18)26-29(22)20-7-2-1-3-8-20/h1-9,16,18H,10-15H2. The number of amides is 1. The fourth-order valence-corrected chi connectivity index (χ4v) is 5.68. The van der Waals surface area contributed by atoms with E-state index in [1.165, 1.54) is 16.4 Å². The molecular formula is C24H23N5O3S. The van der Waals surface area contributed by atoms with Gasteiger partial charge in [0, 0.05) is 32.1 Å². The molecule has 1 aliphatic heterocycles. The largest absolute Gasteiger partial charge is 0.335 e. The summed E-state index contributed by atoms with van der Waals surface area (Å²) in [6.45, 7) is 0.878. The highest BCUT2D eigenvalue weighted by atomic mass is 32.2. The molecule has 0 atom stereocenters. The molecule has 0 N–H and O–H groups in total. The zero-order chi connectivity index (χ0) is 23.0. The van der Waals surface area contributed by atoms with Gasteiger partial charge in [0.1, 0.15) is 11.8 Å². The normalized spacial score (nSPS) is 17.0. The van der Waals surface area contributed by atoms with Crippen molar-refractivity contribution in [2.24, 2.45) is 0 Å². The van der Waals surface area contributed by atoms with Crippen molar-refractivity contribution < 1.29 is 13.2 Å². The molecule has 1 aliphatic carbocycles. The van der Waals surface area contributed by atoms with Gasteiger partial charge in [0.2, 0.25) is 10.0 Å². The van der Waals surface area contributed by atoms with Crippen molar-refractivity contribution in [2.75, 3.05) is 26.2 Å². The molecule has 0 bridgehead atoms. The molecule has 2 aromatic carbocycles. The summed E-state index contributed by atoms with van der Waals surface area (Å²) in [6.07, 6.45) is 2.17. The molecule has 1 aromatic heterocycles. The number of hydrogen-bond acceptors (Lipinski definition) is 5. The Labute approximate surface area is 192 Å². The maximum absolute atomic E-state index is 13.4. The average molecular weight is 462 g/mol. The number of nitrogens with zero attached hydrogens (tertiary/aromatic N) is 5. The Morgan fingerprint density at radius 1 is 0.970 bits per heavy atom. The van der Waals surface area contributed by atoms with Crippen LogP contribution in [0.1, 0.15) is 40.5 Å². The summed E-state index contributed by atoms with van der Waals surface area (Å²) in [7, 11) is -3.81. The van der Waals surface area contributed by atoms with Crippen LogP contribution in [0.15, 0.2) is 65.6 Å². The van der Waals surface area contributed by atoms with Gasteiger partial charge in [-0.2, -0.15) is 14.7 Å². The third kappa shape index (κ3) is 4.03. The number of nitriles is 1. The number of aromatic nitrogens is 2. The van der Waals surface area contributed by atoms with Crippen molar-refractivity contribution in [1.82, 2.24) is 19.0 Å². The molecule has 0 unspecified atom stereocenters. The molecule has 1 saturated carbocycles. The van der Waals surface area contributed by atoms with Crippen molar-refractivity contribution in [1.29, 1.82) is 5.26 Å². The smallest absolute Gasteiger partial charge is 0.272 e. The van der Waals surface area contributed by atoms with Gasteiger partial charge >= 0.3 is 0 Å². The number of para-hydroxylation sites is 1. The van der Waals surface area contributed by atoms with Crippen molar-refractivity contribution in [2.45, 2.75) is 23.7 Å². The zero-order valence-corrected chi connectivity index (χ0v) is 18.8. The van der Waals surface area contributed by atoms with E-state index in [1.807, 2.05) is 42.5 Å². The minimum absolute atomic E-state index is 0.00325. The molecule has 0 spiro atoms. The van der Waals surface area contributed by atoms with Crippen LogP contribution in [0.2, 0.25) is 0 Å². The Balaban J connectivity index is 1.36. The topological polar surface area (TPSA) is 99.3 Å². The predicted molar refractivity (Wildman–Crippen MR) is 121 cm³/mol. The number of hydrogen-bond donors (Lipinski definition) is 0. The van der Waals surface area contributed by atoms with Crippen LogP contribution in [0.25, 0.3) is 5.69 Å². The summed E-state index contributed by atoms with van der Waals surface area (Å²) in [6, 6.07) is 19.6. The van der Waals surface area contributed by atoms with Gasteiger partial charge in [-0.15, -0.1) is 0 Å². The highest BCUT2D eigenvalue weighted by Crippen LogP contribution is 2.40. The average Bonchev–Trinajstić information content (AvgIpc) is 3.62. The van der Waals surface area contributed by atoms with Crippen LogP contribution in [-0.2, 0) is 10.0 Å². The Hall–Kier alpha value is -3.48. The monoisotopic (exact) mass is 461 g/mol. The summed E-state index contributed by atoms with van der Waals surface area (Å²) in [5.41, 5.74) is 2.36. The summed E-state index contributed by atoms with van der Waals surface area (Å²) < 4.78 is 29.2. The quantitative estimate of drug-likeness (QED) is 0.582. The van der Waals surface area contributed by atoms with Crippen LogP contribution in [0.3, 0.4) is 0 Å². The lowest BCUT2D eigenvalue weighted by molar-refractivity contribution is 0.0688. The fraction of sp³-hybridized carbons (Fsp3) is 0.292. The molecular weight excluding hydrogens is 438 g/mol. The van der Waals surface area contributed by atoms with Gasteiger partial charge in [0.15, 0.2) is 0 Å². The minimum atomic E-state index is -3.81. The van der Waals surface area contributed by atoms with Crippen LogP contribution < -0.4 is 0 Å². The van der Waals surface area contributed by atoms with E-state index in [0.29, 0.717) is 11.6 Å². The van der Waals surface area contributed by atoms with Gasteiger partial charge in [-0.1, -0.05) is 30.3 Å². The summed E-state index contributed by atoms with van der Waals surface area (Å²) in [5, 5.41) is 14.0. The zero-order valence-electron chi connectivity index (χ0n) is 18.0. The lowest BCUT2D eigenvalue weighted by Gasteiger charge is -2.34. The second kappa shape index (κ2) is 8.46. The fourth-order valence-electron chi connectivity index (χ4n) is 4.11. The first-order valence-corrected chi connectivity index (χ1v) is 12.4. The van der Waals surface area contributed by atoms with E-state index >= 15 is 0 Å². The molecule has 2 heterocycles. The number of carbonyl (C=O) groups excluding carboxylic acids is 1. The van der Waals surface area contributed by atoms with Gasteiger partial charge in [-0.3, -0.25) is 4.79 Å². The minimum Gasteiger partial charge on any atom is -0.335 e. The highest BCUT2D eigenvalue weighted by Gasteiger charge is 2.34. The molecule has 1 amide bonds. The van der Waals surface area contributed by atoms with Crippen molar-refractivity contribution in [3.8, 4) is 11.8 Å². The maximum atomic E-state index is 13.4. The molecule has 33 heavy (non-hydrogen) atoms. The molecule has 3 aromatic rings. The van der Waals surface area contributed by atoms with Crippen LogP contribution in [0.5, 0.6) is 0 Å². The van der Waals surface area contributed by atoms with E-state index in [-0.39, 0.29) is 42.5 Å². The molecule has 2 fully saturated rings. The number of rotatable bonds is 5. The number of benzene rings is 2. The van der Waals surface area contributed by atoms with Crippen LogP contribution in [0.4, 0.5) is 0 Å². The van der Waals surface area contributed by atoms with E-state index in [2.05, 4.69) is 0 Å². The second-order valence-corrected chi connectivity index (χ2v) is 10.2. The molecule has 9 heteroatoms. The van der Waals surface area contributed by atoms with Crippen LogP contribution in [0, 0.1) is 11.3 Å². The van der Waals surface area contributed by atoms with Crippen molar-refractivity contribution in [3.63, 3.8) is 0 Å². The SMILES string of the molecule is N#Cc1ccccc1S(=O)(=O)N1CCN(C(=O)c2cc(C3CC3)nn2-c2ccccc2)CC1. The van der Waals surface area contributed by atoms with Gasteiger partial charge in [0.05, 0.1) is 21.8 Å². The number of carbonyl (C=O) groups is 1. The van der Waals surface area contributed by atoms with E-state index in [9.17, 15) is 18.5 Å². The molecule has 168 valence electrons. The predicted octanol–water partition coefficient (Wildman–Crippen LogP) is 2.77. The first-order chi connectivity index (χ1) is 16.0. The maximum Gasteiger partial charge on any atom is 0.272 e. The van der Waals surface area contributed by atoms with E-state index in [1.54, 1.807) is 21.7 Å². The molecule has 2 aliphatic rings. The van der Waals surface area contributed by atoms with E-state index in [0.717, 1.165) is 24.2 Å². The second-order valence-electron chi connectivity index (χ2n) is 8.28. The Kier molecular flexibility index (Phi) is 5.48. The van der Waals surface area contributed by atoms with Gasteiger partial charge in [-0.25, -0.2) is 13.1 Å². The van der Waals surface area contributed by atoms with Crippen LogP contribution >= 0.6 is 0 Å². The van der Waals surface area contributed by atoms with Gasteiger partial charge < -0.3 is 4.90 Å².